The van der Waals surface area contributed by atoms with E-state index in [-0.39, 0.29) is 0 Å². The first-order valence-corrected chi connectivity index (χ1v) is 7.61. The summed E-state index contributed by atoms with van der Waals surface area (Å²) in [5.41, 5.74) is 8.90. The summed E-state index contributed by atoms with van der Waals surface area (Å²) in [6.07, 6.45) is 2.15. The molecule has 0 atom stereocenters. The molecule has 1 nitrogen and oxygen atoms in total. The predicted octanol–water partition coefficient (Wildman–Crippen LogP) is 4.70. The van der Waals surface area contributed by atoms with Crippen molar-refractivity contribution in [2.24, 2.45) is 0 Å². The number of fused-ring (bicyclic) bond motifs is 3. The average Bonchev–Trinajstić information content (AvgIpc) is 2.92. The quantitative estimate of drug-likeness (QED) is 0.470. The van der Waals surface area contributed by atoms with Gasteiger partial charge in [-0.1, -0.05) is 42.5 Å². The summed E-state index contributed by atoms with van der Waals surface area (Å²) in [7, 11) is 0. The second-order valence-corrected chi connectivity index (χ2v) is 5.91. The van der Waals surface area contributed by atoms with E-state index in [1.165, 1.54) is 33.5 Å². The van der Waals surface area contributed by atoms with Gasteiger partial charge in [0.25, 0.3) is 0 Å². The molecule has 1 aromatic heterocycles. The SMILES string of the molecule is C=C(C)c1ccccc1-c1ccc2c(c1)C[n+]1ccccc1-2. The molecular formula is C21H18N+. The van der Waals surface area contributed by atoms with Gasteiger partial charge in [0.2, 0.25) is 5.69 Å². The smallest absolute Gasteiger partial charge is 0.194 e. The van der Waals surface area contributed by atoms with E-state index in [2.05, 4.69) is 84.9 Å². The van der Waals surface area contributed by atoms with Gasteiger partial charge in [-0.05, 0) is 41.8 Å². The van der Waals surface area contributed by atoms with Gasteiger partial charge < -0.3 is 0 Å². The fourth-order valence-electron chi connectivity index (χ4n) is 3.29. The first kappa shape index (κ1) is 13.0. The van der Waals surface area contributed by atoms with Gasteiger partial charge in [-0.3, -0.25) is 0 Å². The van der Waals surface area contributed by atoms with Crippen molar-refractivity contribution < 1.29 is 4.57 Å². The highest BCUT2D eigenvalue weighted by molar-refractivity contribution is 5.81. The topological polar surface area (TPSA) is 3.88 Å². The minimum absolute atomic E-state index is 0.953. The molecule has 0 bridgehead atoms. The van der Waals surface area contributed by atoms with Crippen LogP contribution in [0, 0.1) is 0 Å². The van der Waals surface area contributed by atoms with Crippen LogP contribution in [0.4, 0.5) is 0 Å². The number of hydrogen-bond acceptors (Lipinski definition) is 0. The van der Waals surface area contributed by atoms with Crippen LogP contribution in [0.5, 0.6) is 0 Å². The van der Waals surface area contributed by atoms with Crippen molar-refractivity contribution >= 4 is 5.57 Å². The van der Waals surface area contributed by atoms with Crippen LogP contribution in [0.15, 0.2) is 73.4 Å². The molecule has 1 aliphatic heterocycles. The summed E-state index contributed by atoms with van der Waals surface area (Å²) in [5, 5.41) is 0. The van der Waals surface area contributed by atoms with E-state index in [9.17, 15) is 0 Å². The molecule has 0 amide bonds. The highest BCUT2D eigenvalue weighted by Gasteiger charge is 2.25. The lowest BCUT2D eigenvalue weighted by Crippen LogP contribution is -2.31. The van der Waals surface area contributed by atoms with Crippen molar-refractivity contribution in [3.63, 3.8) is 0 Å². The van der Waals surface area contributed by atoms with Crippen LogP contribution in [0.1, 0.15) is 18.1 Å². The van der Waals surface area contributed by atoms with Crippen molar-refractivity contribution in [1.82, 2.24) is 0 Å². The van der Waals surface area contributed by atoms with E-state index >= 15 is 0 Å². The molecule has 106 valence electrons. The molecule has 0 fully saturated rings. The van der Waals surface area contributed by atoms with E-state index in [1.807, 2.05) is 0 Å². The summed E-state index contributed by atoms with van der Waals surface area (Å²) in [4.78, 5) is 0. The highest BCUT2D eigenvalue weighted by atomic mass is 15.0. The Kier molecular flexibility index (Phi) is 2.93. The molecular weight excluding hydrogens is 266 g/mol. The number of pyridine rings is 1. The summed E-state index contributed by atoms with van der Waals surface area (Å²) in [6.45, 7) is 7.13. The van der Waals surface area contributed by atoms with Crippen LogP contribution < -0.4 is 4.57 Å². The van der Waals surface area contributed by atoms with Crippen LogP contribution in [0.2, 0.25) is 0 Å². The summed E-state index contributed by atoms with van der Waals surface area (Å²) in [6, 6.07) is 21.7. The molecule has 0 saturated heterocycles. The van der Waals surface area contributed by atoms with Crippen molar-refractivity contribution in [3.8, 4) is 22.4 Å². The lowest BCUT2D eigenvalue weighted by molar-refractivity contribution is -0.672. The molecule has 0 aliphatic carbocycles. The molecule has 1 heteroatoms. The maximum Gasteiger partial charge on any atom is 0.213 e. The monoisotopic (exact) mass is 284 g/mol. The molecule has 2 aromatic carbocycles. The van der Waals surface area contributed by atoms with Gasteiger partial charge in [-0.25, -0.2) is 0 Å². The lowest BCUT2D eigenvalue weighted by Gasteiger charge is -2.10. The Bertz CT molecular complexity index is 890. The normalized spacial score (nSPS) is 11.9. The Morgan fingerprint density at radius 3 is 2.64 bits per heavy atom. The largest absolute Gasteiger partial charge is 0.213 e. The summed E-state index contributed by atoms with van der Waals surface area (Å²) >= 11 is 0. The fraction of sp³-hybridized carbons (Fsp3) is 0.0952. The van der Waals surface area contributed by atoms with Crippen LogP contribution in [0.25, 0.3) is 28.0 Å². The van der Waals surface area contributed by atoms with Gasteiger partial charge in [0.1, 0.15) is 0 Å². The number of aromatic nitrogens is 1. The number of nitrogens with zero attached hydrogens (tertiary/aromatic N) is 1. The highest BCUT2D eigenvalue weighted by Crippen LogP contribution is 2.33. The number of benzene rings is 2. The van der Waals surface area contributed by atoms with Crippen molar-refractivity contribution in [1.29, 1.82) is 0 Å². The Hall–Kier alpha value is -2.67. The molecule has 0 saturated carbocycles. The van der Waals surface area contributed by atoms with Crippen LogP contribution in [-0.4, -0.2) is 0 Å². The molecule has 0 spiro atoms. The molecule has 0 N–H and O–H groups in total. The van der Waals surface area contributed by atoms with E-state index in [0.29, 0.717) is 0 Å². The second-order valence-electron chi connectivity index (χ2n) is 5.91. The molecule has 3 aromatic rings. The number of rotatable bonds is 2. The van der Waals surface area contributed by atoms with Crippen LogP contribution in [0.3, 0.4) is 0 Å². The zero-order valence-electron chi connectivity index (χ0n) is 12.7. The third kappa shape index (κ3) is 1.98. The van der Waals surface area contributed by atoms with Crippen LogP contribution in [-0.2, 0) is 6.54 Å². The van der Waals surface area contributed by atoms with E-state index in [1.54, 1.807) is 0 Å². The van der Waals surface area contributed by atoms with E-state index < -0.39 is 0 Å². The average molecular weight is 284 g/mol. The first-order chi connectivity index (χ1) is 10.7. The third-order valence-corrected chi connectivity index (χ3v) is 4.36. The number of allylic oxidation sites excluding steroid dienone is 1. The minimum Gasteiger partial charge on any atom is -0.194 e. The van der Waals surface area contributed by atoms with Crippen LogP contribution >= 0.6 is 0 Å². The first-order valence-electron chi connectivity index (χ1n) is 7.61. The zero-order valence-corrected chi connectivity index (χ0v) is 12.7. The third-order valence-electron chi connectivity index (χ3n) is 4.36. The second kappa shape index (κ2) is 4.96. The molecule has 1 aliphatic rings. The standard InChI is InChI=1S/C21H18N/c1-15(2)18-7-3-4-8-19(18)16-10-11-20-17(13-16)14-22-12-6-5-9-21(20)22/h3-13H,1,14H2,2H3/q+1. The molecule has 22 heavy (non-hydrogen) atoms. The molecule has 0 radical (unpaired) electrons. The Labute approximate surface area is 131 Å². The Morgan fingerprint density at radius 1 is 0.955 bits per heavy atom. The number of hydrogen-bond donors (Lipinski definition) is 0. The maximum absolute atomic E-state index is 4.11. The minimum atomic E-state index is 0.953. The lowest BCUT2D eigenvalue weighted by atomic mass is 9.93. The van der Waals surface area contributed by atoms with Gasteiger partial charge in [-0.15, -0.1) is 0 Å². The van der Waals surface area contributed by atoms with Crippen molar-refractivity contribution in [3.05, 3.63) is 84.6 Å². The van der Waals surface area contributed by atoms with Crippen molar-refractivity contribution in [2.45, 2.75) is 13.5 Å². The van der Waals surface area contributed by atoms with Gasteiger partial charge >= 0.3 is 0 Å². The van der Waals surface area contributed by atoms with Gasteiger partial charge in [0.05, 0.1) is 5.56 Å². The maximum atomic E-state index is 4.11. The Balaban J connectivity index is 1.85. The van der Waals surface area contributed by atoms with Crippen molar-refractivity contribution in [2.75, 3.05) is 0 Å². The predicted molar refractivity (Wildman–Crippen MR) is 91.3 cm³/mol. The summed E-state index contributed by atoms with van der Waals surface area (Å²) in [5.74, 6) is 0. The van der Waals surface area contributed by atoms with E-state index in [4.69, 9.17) is 0 Å². The molecule has 2 heterocycles. The van der Waals surface area contributed by atoms with Gasteiger partial charge in [-0.2, -0.15) is 4.57 Å². The molecule has 4 rings (SSSR count). The molecule has 0 unspecified atom stereocenters. The van der Waals surface area contributed by atoms with Gasteiger partial charge in [0, 0.05) is 17.7 Å². The zero-order chi connectivity index (χ0) is 15.1. The fourth-order valence-corrected chi connectivity index (χ4v) is 3.29. The summed E-state index contributed by atoms with van der Waals surface area (Å²) < 4.78 is 2.30. The Morgan fingerprint density at radius 2 is 1.77 bits per heavy atom. The van der Waals surface area contributed by atoms with Gasteiger partial charge in [0.15, 0.2) is 12.7 Å². The van der Waals surface area contributed by atoms with E-state index in [0.717, 1.165) is 12.1 Å².